The number of sulfonamides is 1. The van der Waals surface area contributed by atoms with Crippen molar-refractivity contribution in [3.8, 4) is 5.75 Å². The maximum atomic E-state index is 13.0. The summed E-state index contributed by atoms with van der Waals surface area (Å²) in [6.07, 6.45) is 5.91. The van der Waals surface area contributed by atoms with Crippen molar-refractivity contribution >= 4 is 38.7 Å². The van der Waals surface area contributed by atoms with Crippen LogP contribution in [0.1, 0.15) is 37.7 Å². The zero-order chi connectivity index (χ0) is 20.9. The molecule has 3 N–H and O–H groups in total. The number of ether oxygens (including phenoxy) is 1. The third kappa shape index (κ3) is 5.61. The van der Waals surface area contributed by atoms with Crippen LogP contribution in [-0.2, 0) is 10.0 Å². The molecule has 3 rings (SSSR count). The summed E-state index contributed by atoms with van der Waals surface area (Å²) < 4.78 is 33.9. The Morgan fingerprint density at radius 2 is 1.83 bits per heavy atom. The molecule has 0 heterocycles. The van der Waals surface area contributed by atoms with E-state index in [0.717, 1.165) is 12.8 Å². The fourth-order valence-corrected chi connectivity index (χ4v) is 5.12. The highest BCUT2D eigenvalue weighted by Gasteiger charge is 2.20. The summed E-state index contributed by atoms with van der Waals surface area (Å²) in [5.41, 5.74) is 1.66. The van der Waals surface area contributed by atoms with Crippen molar-refractivity contribution in [2.24, 2.45) is 0 Å². The Balaban J connectivity index is 1.76. The molecule has 1 aliphatic rings. The summed E-state index contributed by atoms with van der Waals surface area (Å²) >= 11 is 5.42. The van der Waals surface area contributed by atoms with Gasteiger partial charge in [0.15, 0.2) is 5.11 Å². The summed E-state index contributed by atoms with van der Waals surface area (Å²) in [6, 6.07) is 12.5. The van der Waals surface area contributed by atoms with Crippen molar-refractivity contribution in [2.75, 3.05) is 17.1 Å². The van der Waals surface area contributed by atoms with Crippen molar-refractivity contribution in [3.05, 3.63) is 48.0 Å². The van der Waals surface area contributed by atoms with Gasteiger partial charge in [-0.15, -0.1) is 0 Å². The van der Waals surface area contributed by atoms with Gasteiger partial charge in [0.2, 0.25) is 0 Å². The van der Waals surface area contributed by atoms with E-state index in [1.165, 1.54) is 26.4 Å². The standard InChI is InChI=1S/C21H27N3O3S2/c1-15-12-13-17(23-21(28)22-16-8-4-3-5-9-16)14-20(15)29(25,26)24-18-10-6-7-11-19(18)27-2/h6-7,10-14,16,24H,3-5,8-9H2,1-2H3,(H2,22,23,28). The molecule has 0 unspecified atom stereocenters. The van der Waals surface area contributed by atoms with E-state index in [9.17, 15) is 8.42 Å². The number of nitrogens with one attached hydrogen (secondary N) is 3. The van der Waals surface area contributed by atoms with E-state index < -0.39 is 10.0 Å². The van der Waals surface area contributed by atoms with Crippen molar-refractivity contribution in [2.45, 2.75) is 50.0 Å². The molecule has 8 heteroatoms. The Morgan fingerprint density at radius 1 is 1.10 bits per heavy atom. The van der Waals surface area contributed by atoms with Gasteiger partial charge >= 0.3 is 0 Å². The first-order valence-corrected chi connectivity index (χ1v) is 11.6. The topological polar surface area (TPSA) is 79.5 Å². The molecular weight excluding hydrogens is 406 g/mol. The van der Waals surface area contributed by atoms with Crippen LogP contribution in [0.15, 0.2) is 47.4 Å². The molecule has 0 amide bonds. The minimum absolute atomic E-state index is 0.189. The van der Waals surface area contributed by atoms with Gasteiger partial charge < -0.3 is 15.4 Å². The Hall–Kier alpha value is -2.32. The Kier molecular flexibility index (Phi) is 6.97. The van der Waals surface area contributed by atoms with Crippen LogP contribution in [0.2, 0.25) is 0 Å². The second kappa shape index (κ2) is 9.45. The van der Waals surface area contributed by atoms with Gasteiger partial charge in [-0.2, -0.15) is 0 Å². The second-order valence-electron chi connectivity index (χ2n) is 7.22. The quantitative estimate of drug-likeness (QED) is 0.585. The van der Waals surface area contributed by atoms with Crippen LogP contribution in [0.5, 0.6) is 5.75 Å². The minimum atomic E-state index is -3.80. The lowest BCUT2D eigenvalue weighted by Gasteiger charge is -2.24. The number of hydrogen-bond acceptors (Lipinski definition) is 4. The van der Waals surface area contributed by atoms with Crippen molar-refractivity contribution in [3.63, 3.8) is 0 Å². The predicted octanol–water partition coefficient (Wildman–Crippen LogP) is 4.42. The monoisotopic (exact) mass is 433 g/mol. The van der Waals surface area contributed by atoms with Gasteiger partial charge in [-0.25, -0.2) is 8.42 Å². The molecule has 1 saturated carbocycles. The molecule has 29 heavy (non-hydrogen) atoms. The third-order valence-electron chi connectivity index (χ3n) is 5.03. The first kappa shape index (κ1) is 21.4. The normalized spacial score (nSPS) is 14.8. The van der Waals surface area contributed by atoms with E-state index >= 15 is 0 Å². The number of aryl methyl sites for hydroxylation is 1. The van der Waals surface area contributed by atoms with Gasteiger partial charge in [0, 0.05) is 11.7 Å². The van der Waals surface area contributed by atoms with E-state index in [-0.39, 0.29) is 4.90 Å². The summed E-state index contributed by atoms with van der Waals surface area (Å²) in [6.45, 7) is 1.76. The Labute approximate surface area is 178 Å². The van der Waals surface area contributed by atoms with Crippen LogP contribution in [-0.4, -0.2) is 26.7 Å². The average molecular weight is 434 g/mol. The van der Waals surface area contributed by atoms with E-state index in [1.807, 2.05) is 6.07 Å². The van der Waals surface area contributed by atoms with Crippen molar-refractivity contribution in [1.82, 2.24) is 5.32 Å². The van der Waals surface area contributed by atoms with Crippen LogP contribution in [0.25, 0.3) is 0 Å². The molecule has 0 radical (unpaired) electrons. The molecule has 1 fully saturated rings. The Morgan fingerprint density at radius 3 is 2.55 bits per heavy atom. The van der Waals surface area contributed by atoms with Crippen LogP contribution < -0.4 is 20.1 Å². The number of thiocarbonyl (C=S) groups is 1. The molecule has 0 aliphatic heterocycles. The summed E-state index contributed by atoms with van der Waals surface area (Å²) in [5, 5.41) is 6.97. The van der Waals surface area contributed by atoms with Gasteiger partial charge in [0.25, 0.3) is 10.0 Å². The van der Waals surface area contributed by atoms with Crippen LogP contribution in [0.4, 0.5) is 11.4 Å². The van der Waals surface area contributed by atoms with Gasteiger partial charge in [0.05, 0.1) is 17.7 Å². The van der Waals surface area contributed by atoms with Crippen LogP contribution in [0, 0.1) is 6.92 Å². The molecule has 0 atom stereocenters. The van der Waals surface area contributed by atoms with E-state index in [2.05, 4.69) is 15.4 Å². The molecule has 156 valence electrons. The molecular formula is C21H27N3O3S2. The van der Waals surface area contributed by atoms with Gasteiger partial charge in [-0.05, 0) is 61.8 Å². The minimum Gasteiger partial charge on any atom is -0.495 e. The average Bonchev–Trinajstić information content (AvgIpc) is 2.70. The summed E-state index contributed by atoms with van der Waals surface area (Å²) in [5.74, 6) is 0.459. The number of methoxy groups -OCH3 is 1. The van der Waals surface area contributed by atoms with Crippen molar-refractivity contribution < 1.29 is 13.2 Å². The SMILES string of the molecule is COc1ccccc1NS(=O)(=O)c1cc(NC(=S)NC2CCCCC2)ccc1C. The maximum absolute atomic E-state index is 13.0. The Bertz CT molecular complexity index is 971. The fraction of sp³-hybridized carbons (Fsp3) is 0.381. The molecule has 0 spiro atoms. The highest BCUT2D eigenvalue weighted by Crippen LogP contribution is 2.28. The lowest BCUT2D eigenvalue weighted by Crippen LogP contribution is -2.38. The van der Waals surface area contributed by atoms with Gasteiger partial charge in [-0.1, -0.05) is 37.5 Å². The number of hydrogen-bond donors (Lipinski definition) is 3. The molecule has 0 saturated heterocycles. The van der Waals surface area contributed by atoms with E-state index in [0.29, 0.717) is 33.8 Å². The molecule has 6 nitrogen and oxygen atoms in total. The summed E-state index contributed by atoms with van der Waals surface area (Å²) in [7, 11) is -2.29. The van der Waals surface area contributed by atoms with Crippen LogP contribution >= 0.6 is 12.2 Å². The molecule has 2 aromatic rings. The zero-order valence-corrected chi connectivity index (χ0v) is 18.3. The van der Waals surface area contributed by atoms with Gasteiger partial charge in [-0.3, -0.25) is 4.72 Å². The highest BCUT2D eigenvalue weighted by atomic mass is 32.2. The first-order chi connectivity index (χ1) is 13.9. The van der Waals surface area contributed by atoms with Crippen molar-refractivity contribution in [1.29, 1.82) is 0 Å². The number of para-hydroxylation sites is 2. The predicted molar refractivity (Wildman–Crippen MR) is 121 cm³/mol. The molecule has 2 aromatic carbocycles. The third-order valence-corrected chi connectivity index (χ3v) is 6.75. The number of anilines is 2. The van der Waals surface area contributed by atoms with Crippen LogP contribution in [0.3, 0.4) is 0 Å². The largest absolute Gasteiger partial charge is 0.495 e. The maximum Gasteiger partial charge on any atom is 0.262 e. The van der Waals surface area contributed by atoms with Gasteiger partial charge in [0.1, 0.15) is 5.75 Å². The lowest BCUT2D eigenvalue weighted by molar-refractivity contribution is 0.415. The first-order valence-electron chi connectivity index (χ1n) is 9.73. The number of benzene rings is 2. The lowest BCUT2D eigenvalue weighted by atomic mass is 9.96. The second-order valence-corrected chi connectivity index (χ2v) is 9.28. The fourth-order valence-electron chi connectivity index (χ4n) is 3.50. The van der Waals surface area contributed by atoms with E-state index in [1.54, 1.807) is 43.3 Å². The number of rotatable bonds is 6. The zero-order valence-electron chi connectivity index (χ0n) is 16.7. The molecule has 0 bridgehead atoms. The highest BCUT2D eigenvalue weighted by molar-refractivity contribution is 7.92. The smallest absolute Gasteiger partial charge is 0.262 e. The summed E-state index contributed by atoms with van der Waals surface area (Å²) in [4.78, 5) is 0.189. The van der Waals surface area contributed by atoms with E-state index in [4.69, 9.17) is 17.0 Å². The molecule has 1 aliphatic carbocycles. The molecule has 0 aromatic heterocycles.